The number of halogens is 1. The van der Waals surface area contributed by atoms with E-state index in [2.05, 4.69) is 0 Å². The summed E-state index contributed by atoms with van der Waals surface area (Å²) in [5, 5.41) is 0. The second-order valence-electron chi connectivity index (χ2n) is 3.89. The van der Waals surface area contributed by atoms with Gasteiger partial charge in [-0.15, -0.1) is 0 Å². The number of benzene rings is 1. The number of ketones is 1. The molecule has 0 atom stereocenters. The average Bonchev–Trinajstić information content (AvgIpc) is 2.15. The van der Waals surface area contributed by atoms with Crippen molar-refractivity contribution < 1.29 is 9.18 Å². The van der Waals surface area contributed by atoms with Crippen LogP contribution < -0.4 is 4.90 Å². The molecule has 0 aromatic heterocycles. The monoisotopic (exact) mass is 209 g/mol. The molecule has 1 rings (SSSR count). The number of hydrogen-bond donors (Lipinski definition) is 0. The number of carbonyl (C=O) groups excluding carboxylic acids is 1. The van der Waals surface area contributed by atoms with Crippen molar-refractivity contribution in [3.63, 3.8) is 0 Å². The van der Waals surface area contributed by atoms with E-state index in [0.717, 1.165) is 0 Å². The van der Waals surface area contributed by atoms with E-state index in [4.69, 9.17) is 0 Å². The van der Waals surface area contributed by atoms with E-state index >= 15 is 0 Å². The Hall–Kier alpha value is -1.38. The maximum atomic E-state index is 13.5. The fourth-order valence-electron chi connectivity index (χ4n) is 1.43. The zero-order valence-electron chi connectivity index (χ0n) is 9.54. The zero-order chi connectivity index (χ0) is 11.6. The van der Waals surface area contributed by atoms with Crippen LogP contribution in [0.25, 0.3) is 0 Å². The van der Waals surface area contributed by atoms with Crippen LogP contribution in [-0.4, -0.2) is 18.9 Å². The molecule has 2 nitrogen and oxygen atoms in total. The molecule has 1 aromatic rings. The van der Waals surface area contributed by atoms with E-state index < -0.39 is 5.82 Å². The second kappa shape index (κ2) is 4.43. The lowest BCUT2D eigenvalue weighted by Gasteiger charge is -2.25. The van der Waals surface area contributed by atoms with Crippen LogP contribution in [0.4, 0.5) is 10.1 Å². The van der Waals surface area contributed by atoms with Crippen molar-refractivity contribution in [2.75, 3.05) is 11.9 Å². The second-order valence-corrected chi connectivity index (χ2v) is 3.89. The molecule has 0 aliphatic rings. The minimum absolute atomic E-state index is 0.175. The molecule has 0 saturated carbocycles. The highest BCUT2D eigenvalue weighted by molar-refractivity contribution is 6.00. The number of anilines is 1. The standard InChI is InChI=1S/C12H16FNO/c1-8(2)14(4)11-7-5-6-10(13)12(11)9(3)15/h5-8H,1-4H3. The predicted molar refractivity (Wildman–Crippen MR) is 59.9 cm³/mol. The van der Waals surface area contributed by atoms with Gasteiger partial charge in [-0.05, 0) is 32.9 Å². The highest BCUT2D eigenvalue weighted by Crippen LogP contribution is 2.24. The van der Waals surface area contributed by atoms with Crippen LogP contribution in [0.3, 0.4) is 0 Å². The highest BCUT2D eigenvalue weighted by atomic mass is 19.1. The third-order valence-corrected chi connectivity index (χ3v) is 2.50. The Bertz CT molecular complexity index is 374. The Balaban J connectivity index is 3.29. The minimum Gasteiger partial charge on any atom is -0.371 e. The molecule has 0 aliphatic heterocycles. The summed E-state index contributed by atoms with van der Waals surface area (Å²) in [5.41, 5.74) is 0.825. The minimum atomic E-state index is -0.451. The van der Waals surface area contributed by atoms with Gasteiger partial charge in [-0.1, -0.05) is 6.07 Å². The molecular formula is C12H16FNO. The van der Waals surface area contributed by atoms with Crippen LogP contribution in [0, 0.1) is 5.82 Å². The van der Waals surface area contributed by atoms with Gasteiger partial charge in [0.05, 0.1) is 11.3 Å². The van der Waals surface area contributed by atoms with Crippen LogP contribution in [0.1, 0.15) is 31.1 Å². The van der Waals surface area contributed by atoms with Crippen molar-refractivity contribution >= 4 is 11.5 Å². The Morgan fingerprint density at radius 1 is 1.40 bits per heavy atom. The summed E-state index contributed by atoms with van der Waals surface area (Å²) < 4.78 is 13.5. The first-order valence-corrected chi connectivity index (χ1v) is 4.97. The number of Topliss-reactive ketones (excluding diaryl/α,β-unsaturated/α-hetero) is 1. The Labute approximate surface area is 89.7 Å². The fourth-order valence-corrected chi connectivity index (χ4v) is 1.43. The molecule has 82 valence electrons. The molecule has 0 amide bonds. The van der Waals surface area contributed by atoms with Crippen LogP contribution in [0.2, 0.25) is 0 Å². The lowest BCUT2D eigenvalue weighted by Crippen LogP contribution is -2.27. The SMILES string of the molecule is CC(=O)c1c(F)cccc1N(C)C(C)C. The number of hydrogen-bond acceptors (Lipinski definition) is 2. The highest BCUT2D eigenvalue weighted by Gasteiger charge is 2.16. The molecule has 0 aliphatic carbocycles. The summed E-state index contributed by atoms with van der Waals surface area (Å²) in [6.45, 7) is 5.37. The van der Waals surface area contributed by atoms with Gasteiger partial charge in [-0.2, -0.15) is 0 Å². The normalized spacial score (nSPS) is 10.5. The third-order valence-electron chi connectivity index (χ3n) is 2.50. The summed E-state index contributed by atoms with van der Waals surface area (Å²) in [6, 6.07) is 4.93. The number of carbonyl (C=O) groups is 1. The lowest BCUT2D eigenvalue weighted by atomic mass is 10.1. The van der Waals surface area contributed by atoms with E-state index in [1.807, 2.05) is 25.8 Å². The van der Waals surface area contributed by atoms with Gasteiger partial charge in [-0.25, -0.2) is 4.39 Å². The molecule has 0 fully saturated rings. The van der Waals surface area contributed by atoms with Gasteiger partial charge in [0.15, 0.2) is 5.78 Å². The van der Waals surface area contributed by atoms with Gasteiger partial charge < -0.3 is 4.90 Å². The van der Waals surface area contributed by atoms with Crippen LogP contribution in [0.15, 0.2) is 18.2 Å². The lowest BCUT2D eigenvalue weighted by molar-refractivity contribution is 0.101. The van der Waals surface area contributed by atoms with Gasteiger partial charge in [0, 0.05) is 13.1 Å². The molecule has 0 radical (unpaired) electrons. The fraction of sp³-hybridized carbons (Fsp3) is 0.417. The summed E-state index contributed by atoms with van der Waals surface area (Å²) in [5.74, 6) is -0.692. The first-order valence-electron chi connectivity index (χ1n) is 4.97. The van der Waals surface area contributed by atoms with E-state index in [1.165, 1.54) is 13.0 Å². The van der Waals surface area contributed by atoms with Crippen LogP contribution in [-0.2, 0) is 0 Å². The number of nitrogens with zero attached hydrogens (tertiary/aromatic N) is 1. The molecule has 0 heterocycles. The van der Waals surface area contributed by atoms with Crippen molar-refractivity contribution in [1.29, 1.82) is 0 Å². The topological polar surface area (TPSA) is 20.3 Å². The molecule has 0 saturated heterocycles. The quantitative estimate of drug-likeness (QED) is 0.713. The van der Waals surface area contributed by atoms with Gasteiger partial charge in [0.1, 0.15) is 5.82 Å². The van der Waals surface area contributed by atoms with Crippen LogP contribution >= 0.6 is 0 Å². The smallest absolute Gasteiger partial charge is 0.164 e. The van der Waals surface area contributed by atoms with Gasteiger partial charge in [0.2, 0.25) is 0 Å². The molecule has 3 heteroatoms. The molecule has 0 bridgehead atoms. The Morgan fingerprint density at radius 3 is 2.47 bits per heavy atom. The molecule has 0 spiro atoms. The number of rotatable bonds is 3. The summed E-state index contributed by atoms with van der Waals surface area (Å²) >= 11 is 0. The maximum Gasteiger partial charge on any atom is 0.164 e. The summed E-state index contributed by atoms with van der Waals surface area (Å²) in [7, 11) is 1.85. The van der Waals surface area contributed by atoms with Gasteiger partial charge in [-0.3, -0.25) is 4.79 Å². The van der Waals surface area contributed by atoms with E-state index in [-0.39, 0.29) is 17.4 Å². The molecule has 15 heavy (non-hydrogen) atoms. The molecular weight excluding hydrogens is 193 g/mol. The summed E-state index contributed by atoms with van der Waals surface area (Å²) in [6.07, 6.45) is 0. The van der Waals surface area contributed by atoms with E-state index in [1.54, 1.807) is 12.1 Å². The zero-order valence-corrected chi connectivity index (χ0v) is 9.54. The van der Waals surface area contributed by atoms with Gasteiger partial charge in [0.25, 0.3) is 0 Å². The first-order chi connectivity index (χ1) is 6.95. The van der Waals surface area contributed by atoms with Crippen molar-refractivity contribution in [2.24, 2.45) is 0 Å². The van der Waals surface area contributed by atoms with Crippen molar-refractivity contribution in [1.82, 2.24) is 0 Å². The van der Waals surface area contributed by atoms with E-state index in [0.29, 0.717) is 5.69 Å². The Morgan fingerprint density at radius 2 is 2.00 bits per heavy atom. The van der Waals surface area contributed by atoms with Crippen LogP contribution in [0.5, 0.6) is 0 Å². The van der Waals surface area contributed by atoms with Crippen molar-refractivity contribution in [3.8, 4) is 0 Å². The third kappa shape index (κ3) is 2.35. The van der Waals surface area contributed by atoms with Crippen molar-refractivity contribution in [3.05, 3.63) is 29.6 Å². The molecule has 0 N–H and O–H groups in total. The predicted octanol–water partition coefficient (Wildman–Crippen LogP) is 2.87. The van der Waals surface area contributed by atoms with E-state index in [9.17, 15) is 9.18 Å². The van der Waals surface area contributed by atoms with Gasteiger partial charge >= 0.3 is 0 Å². The average molecular weight is 209 g/mol. The molecule has 1 aromatic carbocycles. The maximum absolute atomic E-state index is 13.5. The summed E-state index contributed by atoms with van der Waals surface area (Å²) in [4.78, 5) is 13.2. The first kappa shape index (κ1) is 11.7. The molecule has 0 unspecified atom stereocenters. The van der Waals surface area contributed by atoms with Crippen molar-refractivity contribution in [2.45, 2.75) is 26.8 Å². The Kier molecular flexibility index (Phi) is 3.45. The largest absolute Gasteiger partial charge is 0.371 e.